The zero-order chi connectivity index (χ0) is 14.8. The van der Waals surface area contributed by atoms with E-state index >= 15 is 0 Å². The van der Waals surface area contributed by atoms with Gasteiger partial charge in [0, 0.05) is 31.2 Å². The van der Waals surface area contributed by atoms with Crippen LogP contribution in [-0.2, 0) is 4.74 Å². The van der Waals surface area contributed by atoms with Crippen LogP contribution in [0.15, 0.2) is 12.1 Å². The van der Waals surface area contributed by atoms with Crippen molar-refractivity contribution in [2.45, 2.75) is 13.3 Å². The number of rotatable bonds is 4. The second-order valence-corrected chi connectivity index (χ2v) is 5.67. The van der Waals surface area contributed by atoms with Gasteiger partial charge < -0.3 is 19.1 Å². The first kappa shape index (κ1) is 14.5. The first-order valence-corrected chi connectivity index (χ1v) is 7.53. The summed E-state index contributed by atoms with van der Waals surface area (Å²) in [7, 11) is 0. The Labute approximate surface area is 128 Å². The molecular weight excluding hydrogens is 294 g/mol. The van der Waals surface area contributed by atoms with Gasteiger partial charge in [0.2, 0.25) is 6.79 Å². The molecule has 1 saturated heterocycles. The summed E-state index contributed by atoms with van der Waals surface area (Å²) in [6, 6.07) is 3.34. The first-order valence-electron chi connectivity index (χ1n) is 7.15. The van der Waals surface area contributed by atoms with E-state index in [1.165, 1.54) is 0 Å². The fourth-order valence-electron chi connectivity index (χ4n) is 2.67. The molecule has 0 aromatic heterocycles. The van der Waals surface area contributed by atoms with E-state index in [0.717, 1.165) is 19.6 Å². The van der Waals surface area contributed by atoms with Crippen LogP contribution >= 0.6 is 11.6 Å². The lowest BCUT2D eigenvalue weighted by molar-refractivity contribution is 0.0730. The van der Waals surface area contributed by atoms with Gasteiger partial charge in [-0.3, -0.25) is 4.79 Å². The highest BCUT2D eigenvalue weighted by molar-refractivity contribution is 6.32. The minimum atomic E-state index is -0.0374. The number of hydrogen-bond donors (Lipinski definition) is 0. The molecule has 2 aliphatic rings. The Morgan fingerprint density at radius 3 is 3.00 bits per heavy atom. The van der Waals surface area contributed by atoms with Crippen molar-refractivity contribution in [3.63, 3.8) is 0 Å². The molecule has 2 aliphatic heterocycles. The Morgan fingerprint density at radius 1 is 1.43 bits per heavy atom. The summed E-state index contributed by atoms with van der Waals surface area (Å²) < 4.78 is 16.0. The maximum absolute atomic E-state index is 12.6. The van der Waals surface area contributed by atoms with Gasteiger partial charge in [-0.1, -0.05) is 11.6 Å². The topological polar surface area (TPSA) is 48.0 Å². The van der Waals surface area contributed by atoms with Crippen LogP contribution in [0.25, 0.3) is 0 Å². The molecular formula is C15H18ClNO4. The minimum Gasteiger partial charge on any atom is -0.454 e. The summed E-state index contributed by atoms with van der Waals surface area (Å²) in [6.07, 6.45) is 1.01. The van der Waals surface area contributed by atoms with Crippen molar-refractivity contribution in [2.75, 3.05) is 33.1 Å². The SMILES string of the molecule is CCN(C[C@@H]1CCOC1)C(=O)c1cc(Cl)c2c(c1)OCO2. The lowest BCUT2D eigenvalue weighted by atomic mass is 10.1. The molecule has 1 aromatic carbocycles. The molecule has 0 aliphatic carbocycles. The van der Waals surface area contributed by atoms with Crippen LogP contribution in [0.4, 0.5) is 0 Å². The Hall–Kier alpha value is -1.46. The number of ether oxygens (including phenoxy) is 3. The number of benzene rings is 1. The standard InChI is InChI=1S/C15H18ClNO4/c1-2-17(7-10-3-4-19-8-10)15(18)11-5-12(16)14-13(6-11)20-9-21-14/h5-6,10H,2-4,7-9H2,1H3/t10-/m0/s1. The van der Waals surface area contributed by atoms with Crippen molar-refractivity contribution in [3.05, 3.63) is 22.7 Å². The van der Waals surface area contributed by atoms with E-state index < -0.39 is 0 Å². The summed E-state index contributed by atoms with van der Waals surface area (Å²) in [4.78, 5) is 14.5. The van der Waals surface area contributed by atoms with Gasteiger partial charge in [-0.15, -0.1) is 0 Å². The molecule has 0 unspecified atom stereocenters. The van der Waals surface area contributed by atoms with Crippen LogP contribution < -0.4 is 9.47 Å². The van der Waals surface area contributed by atoms with Crippen LogP contribution in [0, 0.1) is 5.92 Å². The van der Waals surface area contributed by atoms with E-state index in [1.54, 1.807) is 12.1 Å². The van der Waals surface area contributed by atoms with Crippen molar-refractivity contribution >= 4 is 17.5 Å². The number of amides is 1. The van der Waals surface area contributed by atoms with Crippen LogP contribution in [0.2, 0.25) is 5.02 Å². The van der Waals surface area contributed by atoms with Gasteiger partial charge in [-0.2, -0.15) is 0 Å². The number of carbonyl (C=O) groups is 1. The van der Waals surface area contributed by atoms with Gasteiger partial charge in [0.1, 0.15) is 0 Å². The number of halogens is 1. The lowest BCUT2D eigenvalue weighted by Gasteiger charge is -2.24. The third-order valence-corrected chi connectivity index (χ3v) is 4.13. The summed E-state index contributed by atoms with van der Waals surface area (Å²) in [6.45, 7) is 4.99. The number of nitrogens with zero attached hydrogens (tertiary/aromatic N) is 1. The quantitative estimate of drug-likeness (QED) is 0.857. The van der Waals surface area contributed by atoms with Gasteiger partial charge in [0.15, 0.2) is 11.5 Å². The Balaban J connectivity index is 1.78. The van der Waals surface area contributed by atoms with Gasteiger partial charge in [0.25, 0.3) is 5.91 Å². The monoisotopic (exact) mass is 311 g/mol. The zero-order valence-electron chi connectivity index (χ0n) is 11.9. The van der Waals surface area contributed by atoms with Gasteiger partial charge in [-0.25, -0.2) is 0 Å². The van der Waals surface area contributed by atoms with Crippen molar-refractivity contribution in [2.24, 2.45) is 5.92 Å². The highest BCUT2D eigenvalue weighted by atomic mass is 35.5. The van der Waals surface area contributed by atoms with Crippen LogP contribution in [0.3, 0.4) is 0 Å². The molecule has 1 amide bonds. The molecule has 21 heavy (non-hydrogen) atoms. The molecule has 2 heterocycles. The maximum atomic E-state index is 12.6. The van der Waals surface area contributed by atoms with Crippen molar-refractivity contribution in [1.82, 2.24) is 4.90 Å². The van der Waals surface area contributed by atoms with Crippen LogP contribution in [-0.4, -0.2) is 43.9 Å². The summed E-state index contributed by atoms with van der Waals surface area (Å²) in [5, 5.41) is 0.411. The molecule has 3 rings (SSSR count). The second-order valence-electron chi connectivity index (χ2n) is 5.27. The predicted molar refractivity (Wildman–Crippen MR) is 78.1 cm³/mol. The van der Waals surface area contributed by atoms with E-state index in [0.29, 0.717) is 41.1 Å². The Bertz CT molecular complexity index is 543. The molecule has 1 atom stereocenters. The molecule has 114 valence electrons. The number of carbonyl (C=O) groups excluding carboxylic acids is 1. The van der Waals surface area contributed by atoms with Crippen molar-refractivity contribution < 1.29 is 19.0 Å². The number of hydrogen-bond acceptors (Lipinski definition) is 4. The third-order valence-electron chi connectivity index (χ3n) is 3.85. The molecule has 1 aromatic rings. The molecule has 0 spiro atoms. The highest BCUT2D eigenvalue weighted by Crippen LogP contribution is 2.40. The predicted octanol–water partition coefficient (Wildman–Crippen LogP) is 2.57. The van der Waals surface area contributed by atoms with Crippen molar-refractivity contribution in [3.8, 4) is 11.5 Å². The molecule has 1 fully saturated rings. The number of fused-ring (bicyclic) bond motifs is 1. The molecule has 5 nitrogen and oxygen atoms in total. The fourth-order valence-corrected chi connectivity index (χ4v) is 2.93. The normalized spacial score (nSPS) is 19.8. The molecule has 0 saturated carbocycles. The molecule has 0 N–H and O–H groups in total. The first-order chi connectivity index (χ1) is 10.2. The minimum absolute atomic E-state index is 0.0374. The Morgan fingerprint density at radius 2 is 2.29 bits per heavy atom. The largest absolute Gasteiger partial charge is 0.454 e. The van der Waals surface area contributed by atoms with E-state index in [1.807, 2.05) is 11.8 Å². The zero-order valence-corrected chi connectivity index (χ0v) is 12.7. The summed E-state index contributed by atoms with van der Waals surface area (Å²) in [5.74, 6) is 1.43. The van der Waals surface area contributed by atoms with E-state index in [-0.39, 0.29) is 12.7 Å². The summed E-state index contributed by atoms with van der Waals surface area (Å²) >= 11 is 6.14. The van der Waals surface area contributed by atoms with E-state index in [4.69, 9.17) is 25.8 Å². The maximum Gasteiger partial charge on any atom is 0.254 e. The molecule has 6 heteroatoms. The van der Waals surface area contributed by atoms with Crippen LogP contribution in [0.5, 0.6) is 11.5 Å². The Kier molecular flexibility index (Phi) is 4.22. The summed E-state index contributed by atoms with van der Waals surface area (Å²) in [5.41, 5.74) is 0.532. The van der Waals surface area contributed by atoms with Gasteiger partial charge in [0.05, 0.1) is 11.6 Å². The highest BCUT2D eigenvalue weighted by Gasteiger charge is 2.25. The van der Waals surface area contributed by atoms with E-state index in [9.17, 15) is 4.79 Å². The van der Waals surface area contributed by atoms with Crippen LogP contribution in [0.1, 0.15) is 23.7 Å². The van der Waals surface area contributed by atoms with Crippen molar-refractivity contribution in [1.29, 1.82) is 0 Å². The van der Waals surface area contributed by atoms with Gasteiger partial charge in [-0.05, 0) is 25.5 Å². The van der Waals surface area contributed by atoms with Gasteiger partial charge >= 0.3 is 0 Å². The van der Waals surface area contributed by atoms with E-state index in [2.05, 4.69) is 0 Å². The molecule has 0 radical (unpaired) electrons. The molecule has 0 bridgehead atoms. The smallest absolute Gasteiger partial charge is 0.254 e. The fraction of sp³-hybridized carbons (Fsp3) is 0.533. The average Bonchev–Trinajstić information content (AvgIpc) is 3.15. The average molecular weight is 312 g/mol. The lowest BCUT2D eigenvalue weighted by Crippen LogP contribution is -2.35. The third kappa shape index (κ3) is 2.94. The second kappa shape index (κ2) is 6.12.